The second-order valence-electron chi connectivity index (χ2n) is 7.17. The van der Waals surface area contributed by atoms with E-state index in [-0.39, 0.29) is 5.91 Å². The Morgan fingerprint density at radius 3 is 1.93 bits per heavy atom. The van der Waals surface area contributed by atoms with Gasteiger partial charge in [0.2, 0.25) is 0 Å². The summed E-state index contributed by atoms with van der Waals surface area (Å²) in [5.41, 5.74) is 0.492. The van der Waals surface area contributed by atoms with Crippen LogP contribution in [0.2, 0.25) is 8.67 Å². The first kappa shape index (κ1) is 19.7. The Morgan fingerprint density at radius 2 is 1.43 bits per heavy atom. The molecule has 0 radical (unpaired) electrons. The molecule has 2 aliphatic rings. The minimum absolute atomic E-state index is 0.0598. The van der Waals surface area contributed by atoms with Crippen LogP contribution in [0.4, 0.5) is 11.6 Å². The van der Waals surface area contributed by atoms with Crippen molar-refractivity contribution in [3.63, 3.8) is 0 Å². The van der Waals surface area contributed by atoms with E-state index in [1.165, 1.54) is 37.0 Å². The van der Waals surface area contributed by atoms with Gasteiger partial charge in [-0.2, -0.15) is 0 Å². The third kappa shape index (κ3) is 4.36. The quantitative estimate of drug-likeness (QED) is 0.717. The van der Waals surface area contributed by atoms with Gasteiger partial charge in [0.1, 0.15) is 4.34 Å². The molecule has 6 nitrogen and oxygen atoms in total. The Morgan fingerprint density at radius 1 is 0.857 bits per heavy atom. The molecule has 0 bridgehead atoms. The van der Waals surface area contributed by atoms with Crippen LogP contribution in [0.25, 0.3) is 0 Å². The molecule has 1 amide bonds. The normalized spacial score (nSPS) is 18.3. The van der Waals surface area contributed by atoms with Crippen LogP contribution in [0, 0.1) is 0 Å². The smallest absolute Gasteiger partial charge is 0.256 e. The van der Waals surface area contributed by atoms with Crippen LogP contribution >= 0.6 is 34.5 Å². The third-order valence-corrected chi connectivity index (χ3v) is 6.83. The van der Waals surface area contributed by atoms with E-state index < -0.39 is 0 Å². The lowest BCUT2D eigenvalue weighted by molar-refractivity contribution is 0.0747. The Hall–Kier alpha value is -1.57. The van der Waals surface area contributed by atoms with E-state index in [4.69, 9.17) is 23.2 Å². The zero-order valence-electron chi connectivity index (χ0n) is 15.6. The van der Waals surface area contributed by atoms with Gasteiger partial charge in [0.25, 0.3) is 5.91 Å². The highest BCUT2D eigenvalue weighted by molar-refractivity contribution is 7.20. The van der Waals surface area contributed by atoms with Crippen molar-refractivity contribution in [2.75, 3.05) is 49.1 Å². The largest absolute Gasteiger partial charge is 0.355 e. The number of hydrogen-bond acceptors (Lipinski definition) is 6. The summed E-state index contributed by atoms with van der Waals surface area (Å²) in [5.74, 6) is 1.76. The molecule has 9 heteroatoms. The van der Waals surface area contributed by atoms with Gasteiger partial charge in [-0.05, 0) is 31.0 Å². The summed E-state index contributed by atoms with van der Waals surface area (Å²) in [4.78, 5) is 19.0. The van der Waals surface area contributed by atoms with Crippen molar-refractivity contribution >= 4 is 52.1 Å². The van der Waals surface area contributed by atoms with Gasteiger partial charge in [-0.15, -0.1) is 21.5 Å². The van der Waals surface area contributed by atoms with Crippen LogP contribution in [0.1, 0.15) is 36.0 Å². The molecule has 0 saturated carbocycles. The fourth-order valence-corrected chi connectivity index (χ4v) is 5.20. The van der Waals surface area contributed by atoms with Gasteiger partial charge < -0.3 is 14.7 Å². The van der Waals surface area contributed by atoms with Crippen molar-refractivity contribution in [2.45, 2.75) is 25.7 Å². The van der Waals surface area contributed by atoms with Crippen LogP contribution in [-0.2, 0) is 0 Å². The average Bonchev–Trinajstić information content (AvgIpc) is 2.90. The Kier molecular flexibility index (Phi) is 6.23. The molecule has 150 valence electrons. The fourth-order valence-electron chi connectivity index (χ4n) is 3.75. The van der Waals surface area contributed by atoms with Crippen molar-refractivity contribution in [3.05, 3.63) is 32.4 Å². The molecule has 2 aromatic rings. The minimum atomic E-state index is -0.0598. The summed E-state index contributed by atoms with van der Waals surface area (Å²) in [6, 6.07) is 5.76. The van der Waals surface area contributed by atoms with Crippen molar-refractivity contribution < 1.29 is 4.79 Å². The molecule has 2 saturated heterocycles. The van der Waals surface area contributed by atoms with Gasteiger partial charge in [-0.25, -0.2) is 0 Å². The molecule has 0 aromatic carbocycles. The molecule has 28 heavy (non-hydrogen) atoms. The van der Waals surface area contributed by atoms with Crippen LogP contribution in [0.15, 0.2) is 18.2 Å². The Labute approximate surface area is 179 Å². The summed E-state index contributed by atoms with van der Waals surface area (Å²) in [6.07, 6.45) is 5.04. The van der Waals surface area contributed by atoms with Gasteiger partial charge in [0, 0.05) is 39.3 Å². The second kappa shape index (κ2) is 8.84. The van der Waals surface area contributed by atoms with E-state index in [0.717, 1.165) is 37.8 Å². The van der Waals surface area contributed by atoms with E-state index >= 15 is 0 Å². The molecule has 0 unspecified atom stereocenters. The van der Waals surface area contributed by atoms with E-state index in [2.05, 4.69) is 26.1 Å². The molecule has 2 fully saturated rings. The number of anilines is 2. The summed E-state index contributed by atoms with van der Waals surface area (Å²) in [6.45, 7) is 4.81. The molecule has 2 aromatic heterocycles. The monoisotopic (exact) mass is 439 g/mol. The number of amides is 1. The average molecular weight is 440 g/mol. The first-order chi connectivity index (χ1) is 13.6. The first-order valence-electron chi connectivity index (χ1n) is 9.69. The summed E-state index contributed by atoms with van der Waals surface area (Å²) < 4.78 is 0.985. The fraction of sp³-hybridized carbons (Fsp3) is 0.526. The number of aromatic nitrogens is 2. The molecular formula is C19H23Cl2N5OS. The number of hydrogen-bond donors (Lipinski definition) is 0. The molecule has 0 spiro atoms. The molecule has 4 heterocycles. The Bertz CT molecular complexity index is 812. The van der Waals surface area contributed by atoms with Gasteiger partial charge in [-0.3, -0.25) is 4.79 Å². The van der Waals surface area contributed by atoms with Gasteiger partial charge in [0.05, 0.1) is 9.90 Å². The SMILES string of the molecule is O=C(c1cc(Cl)sc1Cl)N1CCN(c2ccc(N3CCCCCC3)nn2)CC1. The number of rotatable bonds is 3. The lowest BCUT2D eigenvalue weighted by atomic mass is 10.2. The van der Waals surface area contributed by atoms with E-state index in [1.807, 2.05) is 11.0 Å². The van der Waals surface area contributed by atoms with Crippen molar-refractivity contribution in [1.82, 2.24) is 15.1 Å². The van der Waals surface area contributed by atoms with Crippen molar-refractivity contribution in [1.29, 1.82) is 0 Å². The molecule has 0 aliphatic carbocycles. The highest BCUT2D eigenvalue weighted by Gasteiger charge is 2.25. The van der Waals surface area contributed by atoms with Crippen LogP contribution in [-0.4, -0.2) is 60.3 Å². The van der Waals surface area contributed by atoms with Crippen molar-refractivity contribution in [2.24, 2.45) is 0 Å². The summed E-state index contributed by atoms with van der Waals surface area (Å²) in [7, 11) is 0. The Balaban J connectivity index is 1.35. The molecule has 2 aliphatic heterocycles. The van der Waals surface area contributed by atoms with Gasteiger partial charge in [0.15, 0.2) is 11.6 Å². The van der Waals surface area contributed by atoms with E-state index in [1.54, 1.807) is 6.07 Å². The van der Waals surface area contributed by atoms with E-state index in [0.29, 0.717) is 27.3 Å². The number of carbonyl (C=O) groups is 1. The zero-order valence-corrected chi connectivity index (χ0v) is 17.9. The standard InChI is InChI=1S/C19H23Cl2N5OS/c20-15-13-14(18(21)28-15)19(27)26-11-9-25(10-12-26)17-6-5-16(22-23-17)24-7-3-1-2-4-8-24/h5-6,13H,1-4,7-12H2. The van der Waals surface area contributed by atoms with Gasteiger partial charge >= 0.3 is 0 Å². The van der Waals surface area contributed by atoms with Crippen LogP contribution < -0.4 is 9.80 Å². The van der Waals surface area contributed by atoms with E-state index in [9.17, 15) is 4.79 Å². The molecule has 0 atom stereocenters. The third-order valence-electron chi connectivity index (χ3n) is 5.34. The second-order valence-corrected chi connectivity index (χ2v) is 9.45. The molecule has 4 rings (SSSR count). The molecule has 0 N–H and O–H groups in total. The number of thiophene rings is 1. The van der Waals surface area contributed by atoms with Crippen LogP contribution in [0.5, 0.6) is 0 Å². The zero-order chi connectivity index (χ0) is 19.5. The minimum Gasteiger partial charge on any atom is -0.355 e. The highest BCUT2D eigenvalue weighted by atomic mass is 35.5. The number of halogens is 2. The lowest BCUT2D eigenvalue weighted by Gasteiger charge is -2.35. The topological polar surface area (TPSA) is 52.6 Å². The predicted molar refractivity (Wildman–Crippen MR) is 115 cm³/mol. The summed E-state index contributed by atoms with van der Waals surface area (Å²) in [5, 5.41) is 8.91. The maximum atomic E-state index is 12.7. The number of carbonyl (C=O) groups excluding carboxylic acids is 1. The highest BCUT2D eigenvalue weighted by Crippen LogP contribution is 2.32. The van der Waals surface area contributed by atoms with Gasteiger partial charge in [-0.1, -0.05) is 36.0 Å². The lowest BCUT2D eigenvalue weighted by Crippen LogP contribution is -2.49. The maximum absolute atomic E-state index is 12.7. The van der Waals surface area contributed by atoms with Crippen molar-refractivity contribution in [3.8, 4) is 0 Å². The first-order valence-corrected chi connectivity index (χ1v) is 11.3. The maximum Gasteiger partial charge on any atom is 0.256 e. The summed E-state index contributed by atoms with van der Waals surface area (Å²) >= 11 is 13.3. The van der Waals surface area contributed by atoms with Crippen LogP contribution in [0.3, 0.4) is 0 Å². The number of piperazine rings is 1. The predicted octanol–water partition coefficient (Wildman–Crippen LogP) is 4.19. The number of nitrogens with zero attached hydrogens (tertiary/aromatic N) is 5. The molecular weight excluding hydrogens is 417 g/mol.